The minimum absolute atomic E-state index is 0.0499. The zero-order valence-corrected chi connectivity index (χ0v) is 18.2. The molecule has 134 valence electrons. The number of rotatable bonds is 1. The van der Waals surface area contributed by atoms with Crippen molar-refractivity contribution < 1.29 is 0 Å². The highest BCUT2D eigenvalue weighted by molar-refractivity contribution is 14.1. The van der Waals surface area contributed by atoms with Crippen LogP contribution in [-0.2, 0) is 5.41 Å². The van der Waals surface area contributed by atoms with Crippen LogP contribution in [0.15, 0.2) is 60.7 Å². The van der Waals surface area contributed by atoms with Gasteiger partial charge in [-0.15, -0.1) is 0 Å². The van der Waals surface area contributed by atoms with Gasteiger partial charge < -0.3 is 0 Å². The van der Waals surface area contributed by atoms with Crippen LogP contribution in [0.4, 0.5) is 0 Å². The van der Waals surface area contributed by atoms with Crippen molar-refractivity contribution in [1.82, 2.24) is 0 Å². The Labute approximate surface area is 175 Å². The second-order valence-corrected chi connectivity index (χ2v) is 9.55. The van der Waals surface area contributed by atoms with Gasteiger partial charge in [-0.2, -0.15) is 0 Å². The average molecular weight is 462 g/mol. The number of hydrogen-bond donors (Lipinski definition) is 0. The van der Waals surface area contributed by atoms with Crippen LogP contribution >= 0.6 is 22.6 Å². The molecule has 0 bridgehead atoms. The lowest BCUT2D eigenvalue weighted by atomic mass is 9.80. The molecule has 0 radical (unpaired) electrons. The monoisotopic (exact) mass is 462 g/mol. The van der Waals surface area contributed by atoms with Gasteiger partial charge in [-0.05, 0) is 91.6 Å². The second kappa shape index (κ2) is 6.07. The molecule has 0 nitrogen and oxygen atoms in total. The Morgan fingerprint density at radius 2 is 1.63 bits per heavy atom. The number of hydrogen-bond acceptors (Lipinski definition) is 0. The van der Waals surface area contributed by atoms with Crippen molar-refractivity contribution in [1.29, 1.82) is 0 Å². The van der Waals surface area contributed by atoms with Crippen LogP contribution < -0.4 is 0 Å². The average Bonchev–Trinajstić information content (AvgIpc) is 2.90. The molecule has 1 atom stereocenters. The van der Waals surface area contributed by atoms with E-state index in [2.05, 4.69) is 110 Å². The van der Waals surface area contributed by atoms with E-state index in [1.54, 1.807) is 0 Å². The minimum Gasteiger partial charge on any atom is -0.0833 e. The highest BCUT2D eigenvalue weighted by atomic mass is 127. The molecule has 0 saturated heterocycles. The molecular weight excluding hydrogens is 439 g/mol. The van der Waals surface area contributed by atoms with Crippen LogP contribution in [-0.4, -0.2) is 0 Å². The van der Waals surface area contributed by atoms with E-state index in [4.69, 9.17) is 0 Å². The first-order valence-electron chi connectivity index (χ1n) is 9.72. The lowest BCUT2D eigenvalue weighted by Gasteiger charge is -2.24. The predicted molar refractivity (Wildman–Crippen MR) is 124 cm³/mol. The van der Waals surface area contributed by atoms with Gasteiger partial charge in [0.25, 0.3) is 0 Å². The summed E-state index contributed by atoms with van der Waals surface area (Å²) in [4.78, 5) is 0. The van der Waals surface area contributed by atoms with Gasteiger partial charge in [-0.25, -0.2) is 0 Å². The number of fused-ring (bicyclic) bond motifs is 4. The Kier molecular flexibility index (Phi) is 3.87. The van der Waals surface area contributed by atoms with E-state index in [0.29, 0.717) is 5.92 Å². The van der Waals surface area contributed by atoms with E-state index in [-0.39, 0.29) is 5.41 Å². The van der Waals surface area contributed by atoms with Crippen LogP contribution in [0.25, 0.3) is 28.3 Å². The molecule has 3 aromatic rings. The molecule has 3 aromatic carbocycles. The summed E-state index contributed by atoms with van der Waals surface area (Å²) in [5.74, 6) is 0.590. The quantitative estimate of drug-likeness (QED) is 0.324. The number of benzene rings is 3. The summed E-state index contributed by atoms with van der Waals surface area (Å²) < 4.78 is 1.39. The standard InChI is InChI=1S/C26H23I/c1-16-7-6-9-21-18(13-14-24(27)25(16)21)17-11-12-20-19-8-4-5-10-22(19)26(2,3)23(20)15-17/h4-6,8-16H,7H2,1-3H3. The van der Waals surface area contributed by atoms with Crippen molar-refractivity contribution >= 4 is 28.7 Å². The Bertz CT molecular complexity index is 1100. The fourth-order valence-electron chi connectivity index (χ4n) is 4.92. The van der Waals surface area contributed by atoms with Gasteiger partial charge in [-0.3, -0.25) is 0 Å². The summed E-state index contributed by atoms with van der Waals surface area (Å²) in [6.45, 7) is 7.05. The Morgan fingerprint density at radius 3 is 2.48 bits per heavy atom. The Balaban J connectivity index is 1.72. The van der Waals surface area contributed by atoms with Crippen LogP contribution in [0.5, 0.6) is 0 Å². The molecule has 5 rings (SSSR count). The molecule has 2 aliphatic carbocycles. The van der Waals surface area contributed by atoms with Crippen LogP contribution in [0.3, 0.4) is 0 Å². The molecule has 1 unspecified atom stereocenters. The smallest absolute Gasteiger partial charge is 0.0171 e. The fraction of sp³-hybridized carbons (Fsp3) is 0.231. The van der Waals surface area contributed by atoms with Gasteiger partial charge in [0.15, 0.2) is 0 Å². The first-order chi connectivity index (χ1) is 13.0. The summed E-state index contributed by atoms with van der Waals surface area (Å²) in [7, 11) is 0. The number of allylic oxidation sites excluding steroid dienone is 1. The first-order valence-corrected chi connectivity index (χ1v) is 10.8. The fourth-order valence-corrected chi connectivity index (χ4v) is 5.92. The zero-order chi connectivity index (χ0) is 18.8. The summed E-state index contributed by atoms with van der Waals surface area (Å²) >= 11 is 2.50. The van der Waals surface area contributed by atoms with Gasteiger partial charge in [0.1, 0.15) is 0 Å². The third kappa shape index (κ3) is 2.47. The lowest BCUT2D eigenvalue weighted by molar-refractivity contribution is 0.660. The van der Waals surface area contributed by atoms with E-state index in [0.717, 1.165) is 6.42 Å². The summed E-state index contributed by atoms with van der Waals surface area (Å²) in [6.07, 6.45) is 5.80. The van der Waals surface area contributed by atoms with Crippen LogP contribution in [0, 0.1) is 3.57 Å². The number of halogens is 1. The molecule has 27 heavy (non-hydrogen) atoms. The predicted octanol–water partition coefficient (Wildman–Crippen LogP) is 7.78. The maximum Gasteiger partial charge on any atom is 0.0171 e. The molecular formula is C26H23I. The molecule has 0 saturated carbocycles. The van der Waals surface area contributed by atoms with Crippen molar-refractivity contribution in [3.63, 3.8) is 0 Å². The van der Waals surface area contributed by atoms with E-state index < -0.39 is 0 Å². The largest absolute Gasteiger partial charge is 0.0833 e. The Morgan fingerprint density at radius 1 is 0.889 bits per heavy atom. The van der Waals surface area contributed by atoms with Crippen LogP contribution in [0.1, 0.15) is 55.4 Å². The summed E-state index contributed by atoms with van der Waals surface area (Å²) in [5, 5.41) is 0. The molecule has 0 fully saturated rings. The van der Waals surface area contributed by atoms with Crippen molar-refractivity contribution in [2.45, 2.75) is 38.5 Å². The lowest BCUT2D eigenvalue weighted by Crippen LogP contribution is -2.15. The molecule has 0 N–H and O–H groups in total. The van der Waals surface area contributed by atoms with E-state index in [1.165, 1.54) is 48.1 Å². The molecule has 0 aromatic heterocycles. The van der Waals surface area contributed by atoms with Crippen molar-refractivity contribution in [3.8, 4) is 22.3 Å². The summed E-state index contributed by atoms with van der Waals surface area (Å²) in [5.41, 5.74) is 11.3. The van der Waals surface area contributed by atoms with Gasteiger partial charge in [0, 0.05) is 8.99 Å². The summed E-state index contributed by atoms with van der Waals surface area (Å²) in [6, 6.07) is 20.5. The molecule has 0 amide bonds. The van der Waals surface area contributed by atoms with Crippen molar-refractivity contribution in [2.75, 3.05) is 0 Å². The Hall–Kier alpha value is -1.87. The van der Waals surface area contributed by atoms with E-state index >= 15 is 0 Å². The SMILES string of the molecule is CC1CC=Cc2c(-c3ccc4c(c3)C(C)(C)c3ccccc3-4)ccc(I)c21. The highest BCUT2D eigenvalue weighted by Gasteiger charge is 2.35. The van der Waals surface area contributed by atoms with E-state index in [1.807, 2.05) is 0 Å². The first kappa shape index (κ1) is 17.2. The highest BCUT2D eigenvalue weighted by Crippen LogP contribution is 2.50. The maximum atomic E-state index is 2.50. The third-order valence-electron chi connectivity index (χ3n) is 6.40. The van der Waals surface area contributed by atoms with Gasteiger partial charge in [0.05, 0.1) is 0 Å². The van der Waals surface area contributed by atoms with Crippen LogP contribution in [0.2, 0.25) is 0 Å². The molecule has 2 aliphatic rings. The van der Waals surface area contributed by atoms with Gasteiger partial charge in [0.2, 0.25) is 0 Å². The molecule has 0 aliphatic heterocycles. The topological polar surface area (TPSA) is 0 Å². The normalized spacial score (nSPS) is 18.7. The molecule has 0 spiro atoms. The third-order valence-corrected chi connectivity index (χ3v) is 7.34. The van der Waals surface area contributed by atoms with Crippen molar-refractivity contribution in [2.24, 2.45) is 0 Å². The molecule has 1 heteroatoms. The van der Waals surface area contributed by atoms with Crippen molar-refractivity contribution in [3.05, 3.63) is 86.5 Å². The zero-order valence-electron chi connectivity index (χ0n) is 16.0. The molecule has 0 heterocycles. The van der Waals surface area contributed by atoms with Gasteiger partial charge in [-0.1, -0.05) is 75.4 Å². The second-order valence-electron chi connectivity index (χ2n) is 8.39. The maximum absolute atomic E-state index is 2.50. The minimum atomic E-state index is 0.0499. The van der Waals surface area contributed by atoms with Gasteiger partial charge >= 0.3 is 0 Å². The van der Waals surface area contributed by atoms with E-state index in [9.17, 15) is 0 Å².